The van der Waals surface area contributed by atoms with Gasteiger partial charge in [-0.1, -0.05) is 18.2 Å². The molecule has 1 rings (SSSR count). The molecule has 0 saturated carbocycles. The fourth-order valence-corrected chi connectivity index (χ4v) is 1.89. The Hall–Kier alpha value is -0.800. The Labute approximate surface area is 82.0 Å². The van der Waals surface area contributed by atoms with Crippen molar-refractivity contribution in [2.45, 2.75) is 11.8 Å². The summed E-state index contributed by atoms with van der Waals surface area (Å²) >= 11 is 1.50. The molecule has 0 unspecified atom stereocenters. The van der Waals surface area contributed by atoms with Crippen LogP contribution >= 0.6 is 11.8 Å². The zero-order chi connectivity index (χ0) is 9.68. The lowest BCUT2D eigenvalue weighted by molar-refractivity contribution is 0.101. The Bertz CT molecular complexity index is 297. The highest BCUT2D eigenvalue weighted by Gasteiger charge is 2.05. The smallest absolute Gasteiger partial charge is 0.160 e. The summed E-state index contributed by atoms with van der Waals surface area (Å²) in [5, 5.41) is 8.65. The second-order valence-electron chi connectivity index (χ2n) is 2.62. The molecule has 0 spiro atoms. The molecule has 0 saturated heterocycles. The van der Waals surface area contributed by atoms with E-state index in [1.807, 2.05) is 24.3 Å². The van der Waals surface area contributed by atoms with Gasteiger partial charge in [-0.05, 0) is 13.0 Å². The fraction of sp³-hybridized carbons (Fsp3) is 0.300. The molecule has 0 fully saturated rings. The van der Waals surface area contributed by atoms with Crippen LogP contribution in [0.4, 0.5) is 0 Å². The Morgan fingerprint density at radius 1 is 1.46 bits per heavy atom. The number of rotatable bonds is 4. The number of carbonyl (C=O) groups is 1. The van der Waals surface area contributed by atoms with Crippen LogP contribution in [0.2, 0.25) is 0 Å². The Morgan fingerprint density at radius 3 is 2.77 bits per heavy atom. The highest BCUT2D eigenvalue weighted by Crippen LogP contribution is 2.22. The van der Waals surface area contributed by atoms with Crippen LogP contribution in [0.3, 0.4) is 0 Å². The number of thioether (sulfide) groups is 1. The maximum absolute atomic E-state index is 11.2. The third-order valence-electron chi connectivity index (χ3n) is 1.62. The maximum Gasteiger partial charge on any atom is 0.160 e. The number of carbonyl (C=O) groups excluding carboxylic acids is 1. The molecule has 1 N–H and O–H groups in total. The van der Waals surface area contributed by atoms with E-state index < -0.39 is 0 Å². The molecule has 0 heterocycles. The normalized spacial score (nSPS) is 10.0. The number of aliphatic hydroxyl groups excluding tert-OH is 1. The van der Waals surface area contributed by atoms with E-state index in [4.69, 9.17) is 5.11 Å². The van der Waals surface area contributed by atoms with Crippen molar-refractivity contribution in [2.24, 2.45) is 0 Å². The van der Waals surface area contributed by atoms with Crippen molar-refractivity contribution in [1.29, 1.82) is 0 Å². The van der Waals surface area contributed by atoms with E-state index in [9.17, 15) is 4.79 Å². The van der Waals surface area contributed by atoms with Crippen LogP contribution in [0.1, 0.15) is 17.3 Å². The summed E-state index contributed by atoms with van der Waals surface area (Å²) in [5.74, 6) is 0.700. The number of Topliss-reactive ketones (excluding diaryl/α,β-unsaturated/α-hetero) is 1. The Balaban J connectivity index is 2.84. The number of hydrogen-bond donors (Lipinski definition) is 1. The van der Waals surface area contributed by atoms with Gasteiger partial charge in [0.15, 0.2) is 5.78 Å². The van der Waals surface area contributed by atoms with Crippen molar-refractivity contribution < 1.29 is 9.90 Å². The van der Waals surface area contributed by atoms with Gasteiger partial charge in [0.2, 0.25) is 0 Å². The summed E-state index contributed by atoms with van der Waals surface area (Å²) in [6.45, 7) is 1.69. The van der Waals surface area contributed by atoms with Gasteiger partial charge in [-0.2, -0.15) is 0 Å². The standard InChI is InChI=1S/C10H12O2S/c1-8(12)9-4-2-3-5-10(9)13-7-6-11/h2-5,11H,6-7H2,1H3. The van der Waals surface area contributed by atoms with Gasteiger partial charge in [0, 0.05) is 16.2 Å². The molecule has 13 heavy (non-hydrogen) atoms. The highest BCUT2D eigenvalue weighted by atomic mass is 32.2. The summed E-state index contributed by atoms with van der Waals surface area (Å²) in [5.41, 5.74) is 0.737. The topological polar surface area (TPSA) is 37.3 Å². The predicted molar refractivity (Wildman–Crippen MR) is 54.3 cm³/mol. The van der Waals surface area contributed by atoms with Crippen molar-refractivity contribution in [1.82, 2.24) is 0 Å². The molecule has 0 atom stereocenters. The third-order valence-corrected chi connectivity index (χ3v) is 2.67. The summed E-state index contributed by atoms with van der Waals surface area (Å²) in [7, 11) is 0. The van der Waals surface area contributed by atoms with Gasteiger partial charge in [-0.3, -0.25) is 4.79 Å². The van der Waals surface area contributed by atoms with Crippen molar-refractivity contribution in [3.8, 4) is 0 Å². The minimum absolute atomic E-state index is 0.0704. The van der Waals surface area contributed by atoms with E-state index in [-0.39, 0.29) is 12.4 Å². The monoisotopic (exact) mass is 196 g/mol. The molecule has 0 bridgehead atoms. The molecule has 0 aliphatic rings. The zero-order valence-electron chi connectivity index (χ0n) is 7.49. The summed E-state index contributed by atoms with van der Waals surface area (Å²) in [4.78, 5) is 12.1. The molecule has 0 aliphatic carbocycles. The van der Waals surface area contributed by atoms with Crippen LogP contribution in [0.5, 0.6) is 0 Å². The van der Waals surface area contributed by atoms with Crippen LogP contribution in [0.25, 0.3) is 0 Å². The average Bonchev–Trinajstić information content (AvgIpc) is 2.15. The average molecular weight is 196 g/mol. The van der Waals surface area contributed by atoms with Crippen molar-refractivity contribution >= 4 is 17.5 Å². The van der Waals surface area contributed by atoms with Gasteiger partial charge in [0.1, 0.15) is 0 Å². The highest BCUT2D eigenvalue weighted by molar-refractivity contribution is 7.99. The van der Waals surface area contributed by atoms with E-state index in [0.717, 1.165) is 10.5 Å². The Kier molecular flexibility index (Phi) is 3.99. The van der Waals surface area contributed by atoms with E-state index >= 15 is 0 Å². The molecule has 70 valence electrons. The lowest BCUT2D eigenvalue weighted by atomic mass is 10.1. The minimum Gasteiger partial charge on any atom is -0.396 e. The van der Waals surface area contributed by atoms with E-state index in [1.165, 1.54) is 11.8 Å². The fourth-order valence-electron chi connectivity index (χ4n) is 1.04. The molecule has 3 heteroatoms. The number of benzene rings is 1. The van der Waals surface area contributed by atoms with Gasteiger partial charge >= 0.3 is 0 Å². The predicted octanol–water partition coefficient (Wildman–Crippen LogP) is 1.97. The van der Waals surface area contributed by atoms with Crippen LogP contribution in [-0.4, -0.2) is 23.2 Å². The number of ketones is 1. The van der Waals surface area contributed by atoms with Gasteiger partial charge in [0.25, 0.3) is 0 Å². The lowest BCUT2D eigenvalue weighted by Crippen LogP contribution is -1.95. The van der Waals surface area contributed by atoms with E-state index in [0.29, 0.717) is 5.75 Å². The number of aliphatic hydroxyl groups is 1. The lowest BCUT2D eigenvalue weighted by Gasteiger charge is -2.04. The minimum atomic E-state index is 0.0704. The van der Waals surface area contributed by atoms with Gasteiger partial charge in [-0.15, -0.1) is 11.8 Å². The first-order chi connectivity index (χ1) is 6.25. The largest absolute Gasteiger partial charge is 0.396 e. The quantitative estimate of drug-likeness (QED) is 0.591. The number of hydrogen-bond acceptors (Lipinski definition) is 3. The summed E-state index contributed by atoms with van der Waals surface area (Å²) < 4.78 is 0. The van der Waals surface area contributed by atoms with E-state index in [1.54, 1.807) is 6.92 Å². The van der Waals surface area contributed by atoms with Gasteiger partial charge in [0.05, 0.1) is 6.61 Å². The molecule has 1 aromatic rings. The maximum atomic E-state index is 11.2. The van der Waals surface area contributed by atoms with Crippen molar-refractivity contribution in [3.63, 3.8) is 0 Å². The molecule has 0 radical (unpaired) electrons. The van der Waals surface area contributed by atoms with Crippen LogP contribution in [0.15, 0.2) is 29.2 Å². The van der Waals surface area contributed by atoms with Crippen molar-refractivity contribution in [2.75, 3.05) is 12.4 Å². The molecular weight excluding hydrogens is 184 g/mol. The molecule has 0 aliphatic heterocycles. The first-order valence-electron chi connectivity index (χ1n) is 4.09. The molecule has 0 aromatic heterocycles. The molecular formula is C10H12O2S. The molecule has 2 nitrogen and oxygen atoms in total. The van der Waals surface area contributed by atoms with Crippen LogP contribution < -0.4 is 0 Å². The summed E-state index contributed by atoms with van der Waals surface area (Å²) in [6, 6.07) is 7.45. The van der Waals surface area contributed by atoms with Crippen LogP contribution in [-0.2, 0) is 0 Å². The molecule has 0 amide bonds. The zero-order valence-corrected chi connectivity index (χ0v) is 8.30. The van der Waals surface area contributed by atoms with Gasteiger partial charge < -0.3 is 5.11 Å². The van der Waals surface area contributed by atoms with Crippen molar-refractivity contribution in [3.05, 3.63) is 29.8 Å². The first-order valence-corrected chi connectivity index (χ1v) is 5.08. The second-order valence-corrected chi connectivity index (χ2v) is 3.76. The van der Waals surface area contributed by atoms with Crippen LogP contribution in [0, 0.1) is 0 Å². The Morgan fingerprint density at radius 2 is 2.15 bits per heavy atom. The second kappa shape index (κ2) is 5.04. The van der Waals surface area contributed by atoms with Gasteiger partial charge in [-0.25, -0.2) is 0 Å². The SMILES string of the molecule is CC(=O)c1ccccc1SCCO. The first kappa shape index (κ1) is 10.3. The summed E-state index contributed by atoms with van der Waals surface area (Å²) in [6.07, 6.45) is 0. The third kappa shape index (κ3) is 2.86. The molecule has 1 aromatic carbocycles. The van der Waals surface area contributed by atoms with E-state index in [2.05, 4.69) is 0 Å².